The van der Waals surface area contributed by atoms with Crippen LogP contribution in [0.5, 0.6) is 11.5 Å². The van der Waals surface area contributed by atoms with Crippen LogP contribution >= 0.6 is 0 Å². The normalized spacial score (nSPS) is 15.1. The van der Waals surface area contributed by atoms with Crippen molar-refractivity contribution in [2.45, 2.75) is 4.90 Å². The van der Waals surface area contributed by atoms with E-state index in [4.69, 9.17) is 18.6 Å². The van der Waals surface area contributed by atoms with E-state index in [0.717, 1.165) is 0 Å². The van der Waals surface area contributed by atoms with E-state index in [-0.39, 0.29) is 16.7 Å². The number of morpholine rings is 1. The van der Waals surface area contributed by atoms with Gasteiger partial charge < -0.3 is 18.6 Å². The van der Waals surface area contributed by atoms with Crippen molar-refractivity contribution in [1.29, 1.82) is 0 Å². The van der Waals surface area contributed by atoms with Crippen molar-refractivity contribution in [3.8, 4) is 34.4 Å². The first-order valence-corrected chi connectivity index (χ1v) is 10.7. The topological polar surface area (TPSA) is 104 Å². The Morgan fingerprint density at radius 3 is 2.23 bits per heavy atom. The van der Waals surface area contributed by atoms with Crippen molar-refractivity contribution < 1.29 is 27.0 Å². The average molecular weight is 431 g/mol. The van der Waals surface area contributed by atoms with E-state index >= 15 is 0 Å². The molecule has 30 heavy (non-hydrogen) atoms. The van der Waals surface area contributed by atoms with Gasteiger partial charge >= 0.3 is 0 Å². The highest BCUT2D eigenvalue weighted by molar-refractivity contribution is 7.89. The Labute approximate surface area is 174 Å². The molecule has 1 saturated heterocycles. The first-order valence-electron chi connectivity index (χ1n) is 9.27. The molecule has 3 aromatic rings. The second-order valence-electron chi connectivity index (χ2n) is 6.53. The molecule has 1 aliphatic rings. The zero-order chi connectivity index (χ0) is 21.1. The molecule has 0 N–H and O–H groups in total. The second kappa shape index (κ2) is 8.42. The van der Waals surface area contributed by atoms with Gasteiger partial charge in [0.05, 0.1) is 32.3 Å². The van der Waals surface area contributed by atoms with Crippen molar-refractivity contribution in [3.63, 3.8) is 0 Å². The molecule has 0 unspecified atom stereocenters. The molecule has 10 heteroatoms. The Kier molecular flexibility index (Phi) is 5.71. The molecule has 0 bridgehead atoms. The summed E-state index contributed by atoms with van der Waals surface area (Å²) in [6.07, 6.45) is 0. The largest absolute Gasteiger partial charge is 0.493 e. The van der Waals surface area contributed by atoms with Gasteiger partial charge in [-0.1, -0.05) is 6.07 Å². The molecule has 0 saturated carbocycles. The van der Waals surface area contributed by atoms with Crippen LogP contribution in [0.15, 0.2) is 51.8 Å². The van der Waals surface area contributed by atoms with Gasteiger partial charge in [-0.05, 0) is 36.4 Å². The van der Waals surface area contributed by atoms with Gasteiger partial charge in [0.2, 0.25) is 21.8 Å². The minimum Gasteiger partial charge on any atom is -0.493 e. The summed E-state index contributed by atoms with van der Waals surface area (Å²) in [4.78, 5) is 0.174. The lowest BCUT2D eigenvalue weighted by Gasteiger charge is -2.26. The Morgan fingerprint density at radius 2 is 1.57 bits per heavy atom. The number of benzene rings is 2. The summed E-state index contributed by atoms with van der Waals surface area (Å²) < 4.78 is 48.8. The maximum atomic E-state index is 12.9. The Bertz CT molecular complexity index is 1140. The summed E-state index contributed by atoms with van der Waals surface area (Å²) in [5.74, 6) is 1.63. The third-order valence-electron chi connectivity index (χ3n) is 4.74. The molecule has 1 aliphatic heterocycles. The minimum atomic E-state index is -3.62. The van der Waals surface area contributed by atoms with E-state index in [1.54, 1.807) is 50.6 Å². The zero-order valence-electron chi connectivity index (χ0n) is 16.6. The summed E-state index contributed by atoms with van der Waals surface area (Å²) in [6, 6.07) is 11.7. The third-order valence-corrected chi connectivity index (χ3v) is 6.64. The highest BCUT2D eigenvalue weighted by Crippen LogP contribution is 2.33. The van der Waals surface area contributed by atoms with Gasteiger partial charge in [0.15, 0.2) is 11.5 Å². The lowest BCUT2D eigenvalue weighted by atomic mass is 10.2. The fraction of sp³-hybridized carbons (Fsp3) is 0.300. The van der Waals surface area contributed by atoms with Gasteiger partial charge in [-0.2, -0.15) is 4.31 Å². The monoisotopic (exact) mass is 431 g/mol. The molecule has 0 radical (unpaired) electrons. The summed E-state index contributed by atoms with van der Waals surface area (Å²) in [6.45, 7) is 1.43. The molecule has 4 rings (SSSR count). The minimum absolute atomic E-state index is 0.174. The van der Waals surface area contributed by atoms with Crippen LogP contribution in [0.4, 0.5) is 0 Å². The molecule has 0 spiro atoms. The lowest BCUT2D eigenvalue weighted by molar-refractivity contribution is 0.0730. The molecular weight excluding hydrogens is 410 g/mol. The van der Waals surface area contributed by atoms with Crippen LogP contribution in [0, 0.1) is 0 Å². The highest BCUT2D eigenvalue weighted by atomic mass is 32.2. The van der Waals surface area contributed by atoms with Gasteiger partial charge in [-0.15, -0.1) is 10.2 Å². The molecule has 1 fully saturated rings. The number of hydrogen-bond acceptors (Lipinski definition) is 8. The molecule has 1 aromatic heterocycles. The average Bonchev–Trinajstić information content (AvgIpc) is 3.29. The molecule has 158 valence electrons. The zero-order valence-corrected chi connectivity index (χ0v) is 17.4. The van der Waals surface area contributed by atoms with Crippen LogP contribution in [0.3, 0.4) is 0 Å². The summed E-state index contributed by atoms with van der Waals surface area (Å²) >= 11 is 0. The third kappa shape index (κ3) is 3.89. The predicted octanol–water partition coefficient (Wildman–Crippen LogP) is 2.44. The van der Waals surface area contributed by atoms with Gasteiger partial charge in [0.25, 0.3) is 0 Å². The number of ether oxygens (including phenoxy) is 3. The lowest BCUT2D eigenvalue weighted by Crippen LogP contribution is -2.40. The summed E-state index contributed by atoms with van der Waals surface area (Å²) in [7, 11) is -0.523. The number of rotatable bonds is 6. The van der Waals surface area contributed by atoms with Crippen LogP contribution in [0.2, 0.25) is 0 Å². The van der Waals surface area contributed by atoms with Gasteiger partial charge in [-0.25, -0.2) is 8.42 Å². The molecule has 0 aliphatic carbocycles. The standard InChI is InChI=1S/C20H21N3O6S/c1-26-17-7-6-15(13-18(17)27-2)20-22-21-19(29-20)14-4-3-5-16(12-14)30(24,25)23-8-10-28-11-9-23/h3-7,12-13H,8-11H2,1-2H3. The number of aromatic nitrogens is 2. The molecule has 0 atom stereocenters. The van der Waals surface area contributed by atoms with E-state index in [1.165, 1.54) is 10.4 Å². The fourth-order valence-corrected chi connectivity index (χ4v) is 4.61. The van der Waals surface area contributed by atoms with E-state index in [9.17, 15) is 8.42 Å². The summed E-state index contributed by atoms with van der Waals surface area (Å²) in [5, 5.41) is 8.17. The maximum Gasteiger partial charge on any atom is 0.248 e. The van der Waals surface area contributed by atoms with E-state index < -0.39 is 10.0 Å². The fourth-order valence-electron chi connectivity index (χ4n) is 3.15. The van der Waals surface area contributed by atoms with Crippen LogP contribution in [0.25, 0.3) is 22.9 Å². The van der Waals surface area contributed by atoms with Crippen molar-refractivity contribution in [3.05, 3.63) is 42.5 Å². The molecule has 9 nitrogen and oxygen atoms in total. The Morgan fingerprint density at radius 1 is 0.900 bits per heavy atom. The van der Waals surface area contributed by atoms with Gasteiger partial charge in [0.1, 0.15) is 0 Å². The molecule has 2 heterocycles. The van der Waals surface area contributed by atoms with Gasteiger partial charge in [0, 0.05) is 24.2 Å². The Balaban J connectivity index is 1.64. The predicted molar refractivity (Wildman–Crippen MR) is 108 cm³/mol. The van der Waals surface area contributed by atoms with Crippen molar-refractivity contribution in [2.75, 3.05) is 40.5 Å². The number of nitrogens with zero attached hydrogens (tertiary/aromatic N) is 3. The van der Waals surface area contributed by atoms with Gasteiger partial charge in [-0.3, -0.25) is 0 Å². The molecule has 0 amide bonds. The number of hydrogen-bond donors (Lipinski definition) is 0. The maximum absolute atomic E-state index is 12.9. The molecular formula is C20H21N3O6S. The quantitative estimate of drug-likeness (QED) is 0.586. The van der Waals surface area contributed by atoms with Crippen LogP contribution in [-0.2, 0) is 14.8 Å². The van der Waals surface area contributed by atoms with Crippen molar-refractivity contribution in [2.24, 2.45) is 0 Å². The van der Waals surface area contributed by atoms with Crippen LogP contribution < -0.4 is 9.47 Å². The van der Waals surface area contributed by atoms with E-state index in [0.29, 0.717) is 48.9 Å². The van der Waals surface area contributed by atoms with Crippen LogP contribution in [-0.4, -0.2) is 63.4 Å². The van der Waals surface area contributed by atoms with E-state index in [2.05, 4.69) is 10.2 Å². The first kappa shape index (κ1) is 20.3. The van der Waals surface area contributed by atoms with Crippen LogP contribution in [0.1, 0.15) is 0 Å². The highest BCUT2D eigenvalue weighted by Gasteiger charge is 2.27. The smallest absolute Gasteiger partial charge is 0.248 e. The van der Waals surface area contributed by atoms with E-state index in [1.807, 2.05) is 0 Å². The second-order valence-corrected chi connectivity index (χ2v) is 8.46. The van der Waals surface area contributed by atoms with Crippen molar-refractivity contribution >= 4 is 10.0 Å². The number of sulfonamides is 1. The molecule has 2 aromatic carbocycles. The summed E-state index contributed by atoms with van der Waals surface area (Å²) in [5.41, 5.74) is 1.17. The van der Waals surface area contributed by atoms with Crippen molar-refractivity contribution in [1.82, 2.24) is 14.5 Å². The Hall–Kier alpha value is -2.95. The first-order chi connectivity index (χ1) is 14.5. The SMILES string of the molecule is COc1ccc(-c2nnc(-c3cccc(S(=O)(=O)N4CCOCC4)c3)o2)cc1OC. The number of methoxy groups -OCH3 is 2.